The van der Waals surface area contributed by atoms with Gasteiger partial charge < -0.3 is 14.7 Å². The maximum Gasteiger partial charge on any atom is 0.341 e. The summed E-state index contributed by atoms with van der Waals surface area (Å²) >= 11 is 0. The lowest BCUT2D eigenvalue weighted by molar-refractivity contribution is -0.135. The molecule has 1 N–H and O–H groups in total. The molecule has 2 unspecified atom stereocenters. The normalized spacial score (nSPS) is 22.2. The number of hydrogen-bond acceptors (Lipinski definition) is 6. The Morgan fingerprint density at radius 1 is 1.22 bits per heavy atom. The topological polar surface area (TPSA) is 107 Å². The van der Waals surface area contributed by atoms with Gasteiger partial charge in [-0.2, -0.15) is 0 Å². The Kier molecular flexibility index (Phi) is 6.84. The summed E-state index contributed by atoms with van der Waals surface area (Å²) < 4.78 is 46.2. The highest BCUT2D eigenvalue weighted by atomic mass is 32.2. The van der Waals surface area contributed by atoms with E-state index in [2.05, 4.69) is 4.90 Å². The molecule has 1 aliphatic carbocycles. The highest BCUT2D eigenvalue weighted by Crippen LogP contribution is 2.56. The number of benzene rings is 2. The lowest BCUT2D eigenvalue weighted by atomic mass is 9.99. The molecule has 2 aromatic rings. The Bertz CT molecular complexity index is 1320. The zero-order chi connectivity index (χ0) is 26.4. The molecular formula is C26H30FN3O6S. The van der Waals surface area contributed by atoms with Gasteiger partial charge in [-0.15, -0.1) is 0 Å². The number of amides is 1. The van der Waals surface area contributed by atoms with E-state index in [1.165, 1.54) is 23.1 Å². The second kappa shape index (κ2) is 9.94. The Hall–Kier alpha value is -3.18. The molecule has 2 aliphatic heterocycles. The van der Waals surface area contributed by atoms with Crippen molar-refractivity contribution in [1.82, 2.24) is 9.80 Å². The number of carbonyl (C=O) groups is 2. The standard InChI is InChI=1S/C26H30FN3O6S/c1-3-29-10-4-5-22(29)25(31)28(2)13-15-11-17(27)6-8-20(15)30(37(34)35)21-9-7-18-19-12-16(19)14-36-24(18)23(21)26(32)33/h6-9,11,16,19,22,37H,3-5,10,12-14H2,1-2H3,(H,32,33)/t16?,19?,22-/m0/s1. The van der Waals surface area contributed by atoms with Crippen LogP contribution >= 0.6 is 0 Å². The van der Waals surface area contributed by atoms with Gasteiger partial charge in [0.25, 0.3) is 0 Å². The van der Waals surface area contributed by atoms with Crippen LogP contribution in [0.5, 0.6) is 5.75 Å². The number of aromatic carboxylic acids is 1. The van der Waals surface area contributed by atoms with Gasteiger partial charge in [-0.25, -0.2) is 21.9 Å². The molecule has 5 rings (SSSR count). The molecule has 1 amide bonds. The molecule has 3 atom stereocenters. The first kappa shape index (κ1) is 25.5. The number of hydrogen-bond donors (Lipinski definition) is 2. The Labute approximate surface area is 216 Å². The lowest BCUT2D eigenvalue weighted by Gasteiger charge is -2.29. The summed E-state index contributed by atoms with van der Waals surface area (Å²) in [7, 11) is -1.77. The van der Waals surface area contributed by atoms with Crippen LogP contribution < -0.4 is 9.04 Å². The van der Waals surface area contributed by atoms with Gasteiger partial charge in [-0.1, -0.05) is 13.0 Å². The SMILES string of the molecule is CCN1CCC[C@H]1C(=O)N(C)Cc1cc(F)ccc1N(c1ccc2c(c1C(=O)O)OCC1CC21)[SH](=O)=O. The van der Waals surface area contributed by atoms with Gasteiger partial charge in [0.15, 0.2) is 0 Å². The van der Waals surface area contributed by atoms with Crippen molar-refractivity contribution in [2.24, 2.45) is 5.92 Å². The van der Waals surface area contributed by atoms with Crippen molar-refractivity contribution < 1.29 is 32.2 Å². The van der Waals surface area contributed by atoms with Gasteiger partial charge >= 0.3 is 5.97 Å². The molecule has 0 radical (unpaired) electrons. The van der Waals surface area contributed by atoms with E-state index in [1.54, 1.807) is 13.1 Å². The zero-order valence-corrected chi connectivity index (χ0v) is 21.6. The Morgan fingerprint density at radius 2 is 1.97 bits per heavy atom. The average Bonchev–Trinajstić information content (AvgIpc) is 3.51. The molecule has 1 saturated carbocycles. The number of carboxylic acid groups (broad SMARTS) is 1. The monoisotopic (exact) mass is 531 g/mol. The third-order valence-electron chi connectivity index (χ3n) is 7.64. The van der Waals surface area contributed by atoms with Gasteiger partial charge in [0.05, 0.1) is 24.0 Å². The number of rotatable bonds is 8. The molecule has 0 bridgehead atoms. The summed E-state index contributed by atoms with van der Waals surface area (Å²) in [6.07, 6.45) is 2.54. The van der Waals surface area contributed by atoms with E-state index in [-0.39, 0.29) is 52.7 Å². The van der Waals surface area contributed by atoms with Crippen LogP contribution in [0.15, 0.2) is 30.3 Å². The number of halogens is 1. The zero-order valence-electron chi connectivity index (χ0n) is 20.7. The molecule has 0 aromatic heterocycles. The molecule has 0 spiro atoms. The highest BCUT2D eigenvalue weighted by Gasteiger charge is 2.46. The first-order chi connectivity index (χ1) is 17.7. The van der Waals surface area contributed by atoms with Crippen molar-refractivity contribution in [3.8, 4) is 5.75 Å². The molecule has 11 heteroatoms. The molecule has 37 heavy (non-hydrogen) atoms. The quantitative estimate of drug-likeness (QED) is 0.504. The minimum absolute atomic E-state index is 0.0484. The summed E-state index contributed by atoms with van der Waals surface area (Å²) in [4.78, 5) is 29.1. The summed E-state index contributed by atoms with van der Waals surface area (Å²) in [5, 5.41) is 10.1. The van der Waals surface area contributed by atoms with E-state index in [4.69, 9.17) is 4.74 Å². The van der Waals surface area contributed by atoms with Gasteiger partial charge in [0.2, 0.25) is 16.8 Å². The molecule has 9 nitrogen and oxygen atoms in total. The van der Waals surface area contributed by atoms with E-state index >= 15 is 0 Å². The fourth-order valence-corrected chi connectivity index (χ4v) is 6.40. The van der Waals surface area contributed by atoms with E-state index in [0.29, 0.717) is 12.5 Å². The lowest BCUT2D eigenvalue weighted by Crippen LogP contribution is -2.43. The first-order valence-electron chi connectivity index (χ1n) is 12.5. The fourth-order valence-electron chi connectivity index (χ4n) is 5.69. The summed E-state index contributed by atoms with van der Waals surface area (Å²) in [6, 6.07) is 6.50. The van der Waals surface area contributed by atoms with E-state index in [9.17, 15) is 27.5 Å². The number of anilines is 2. The molecule has 2 heterocycles. The van der Waals surface area contributed by atoms with Crippen LogP contribution in [0.4, 0.5) is 15.8 Å². The maximum absolute atomic E-state index is 14.4. The van der Waals surface area contributed by atoms with Crippen molar-refractivity contribution in [3.63, 3.8) is 0 Å². The van der Waals surface area contributed by atoms with Crippen LogP contribution in [0, 0.1) is 11.7 Å². The second-order valence-electron chi connectivity index (χ2n) is 9.90. The number of fused-ring (bicyclic) bond motifs is 3. The summed E-state index contributed by atoms with van der Waals surface area (Å²) in [6.45, 7) is 3.89. The van der Waals surface area contributed by atoms with Crippen LogP contribution in [0.2, 0.25) is 0 Å². The van der Waals surface area contributed by atoms with Crippen molar-refractivity contribution in [2.45, 2.75) is 44.7 Å². The molecule has 198 valence electrons. The van der Waals surface area contributed by atoms with E-state index in [0.717, 1.165) is 48.3 Å². The van der Waals surface area contributed by atoms with Crippen LogP contribution in [-0.4, -0.2) is 68.0 Å². The van der Waals surface area contributed by atoms with Crippen molar-refractivity contribution in [3.05, 3.63) is 52.8 Å². The van der Waals surface area contributed by atoms with Crippen LogP contribution in [-0.2, 0) is 22.2 Å². The molecular weight excluding hydrogens is 501 g/mol. The number of likely N-dealkylation sites (tertiary alicyclic amines) is 1. The number of nitrogens with zero attached hydrogens (tertiary/aromatic N) is 3. The predicted octanol–water partition coefficient (Wildman–Crippen LogP) is 3.13. The maximum atomic E-state index is 14.4. The molecule has 2 aromatic carbocycles. The van der Waals surface area contributed by atoms with Crippen molar-refractivity contribution >= 4 is 34.1 Å². The largest absolute Gasteiger partial charge is 0.492 e. The van der Waals surface area contributed by atoms with Gasteiger partial charge in [-0.3, -0.25) is 9.69 Å². The Balaban J connectivity index is 1.54. The minimum atomic E-state index is -3.38. The van der Waals surface area contributed by atoms with Crippen molar-refractivity contribution in [1.29, 1.82) is 0 Å². The average molecular weight is 532 g/mol. The second-order valence-corrected chi connectivity index (χ2v) is 10.8. The third-order valence-corrected chi connectivity index (χ3v) is 8.40. The first-order valence-corrected chi connectivity index (χ1v) is 13.6. The van der Waals surface area contributed by atoms with Gasteiger partial charge in [0.1, 0.15) is 17.1 Å². The Morgan fingerprint density at radius 3 is 2.68 bits per heavy atom. The smallest absolute Gasteiger partial charge is 0.341 e. The highest BCUT2D eigenvalue weighted by molar-refractivity contribution is 7.74. The molecule has 1 saturated heterocycles. The molecule has 3 aliphatic rings. The number of carboxylic acids is 1. The van der Waals surface area contributed by atoms with Crippen molar-refractivity contribution in [2.75, 3.05) is 31.0 Å². The minimum Gasteiger partial charge on any atom is -0.492 e. The summed E-state index contributed by atoms with van der Waals surface area (Å²) in [5.74, 6) is -1.28. The van der Waals surface area contributed by atoms with Crippen LogP contribution in [0.25, 0.3) is 0 Å². The van der Waals surface area contributed by atoms with E-state index in [1.807, 2.05) is 6.92 Å². The van der Waals surface area contributed by atoms with Gasteiger partial charge in [0, 0.05) is 19.5 Å². The third kappa shape index (κ3) is 4.66. The molecule has 2 fully saturated rings. The summed E-state index contributed by atoms with van der Waals surface area (Å²) in [5.41, 5.74) is 0.759. The predicted molar refractivity (Wildman–Crippen MR) is 135 cm³/mol. The van der Waals surface area contributed by atoms with Gasteiger partial charge in [-0.05, 0) is 73.7 Å². The number of ether oxygens (including phenoxy) is 1. The number of carbonyl (C=O) groups excluding carboxylic acids is 1. The number of likely N-dealkylation sites (N-methyl/N-ethyl adjacent to an activating group) is 2. The van der Waals surface area contributed by atoms with Crippen LogP contribution in [0.3, 0.4) is 0 Å². The fraction of sp³-hybridized carbons (Fsp3) is 0.462. The van der Waals surface area contributed by atoms with Crippen LogP contribution in [0.1, 0.15) is 53.6 Å². The number of thiol groups is 1. The van der Waals surface area contributed by atoms with E-state index < -0.39 is 22.7 Å².